The Morgan fingerprint density at radius 2 is 2.14 bits per heavy atom. The zero-order valence-electron chi connectivity index (χ0n) is 8.72. The average Bonchev–Trinajstić information content (AvgIpc) is 2.94. The molecule has 1 spiro atoms. The van der Waals surface area contributed by atoms with E-state index in [1.165, 1.54) is 31.2 Å². The van der Waals surface area contributed by atoms with Gasteiger partial charge in [-0.05, 0) is 43.7 Å². The van der Waals surface area contributed by atoms with Crippen LogP contribution in [0, 0.1) is 6.92 Å². The van der Waals surface area contributed by atoms with E-state index in [1.54, 1.807) is 11.1 Å². The Balaban J connectivity index is 2.16. The van der Waals surface area contributed by atoms with E-state index in [0.717, 1.165) is 0 Å². The molecule has 1 unspecified atom stereocenters. The molecule has 1 fully saturated rings. The normalized spacial score (nSPS) is 27.4. The zero-order valence-corrected chi connectivity index (χ0v) is 8.72. The molecule has 14 heavy (non-hydrogen) atoms. The van der Waals surface area contributed by atoms with Crippen LogP contribution in [0.25, 0.3) is 0 Å². The van der Waals surface area contributed by atoms with Crippen LogP contribution in [0.5, 0.6) is 0 Å². The molecule has 1 saturated carbocycles. The lowest BCUT2D eigenvalue weighted by atomic mass is 9.76. The lowest BCUT2D eigenvalue weighted by molar-refractivity contribution is 0.454. The van der Waals surface area contributed by atoms with Crippen molar-refractivity contribution in [3.05, 3.63) is 34.9 Å². The second-order valence-electron chi connectivity index (χ2n) is 4.96. The molecule has 1 aromatic carbocycles. The summed E-state index contributed by atoms with van der Waals surface area (Å²) in [6.07, 6.45) is 4.98. The highest BCUT2D eigenvalue weighted by Gasteiger charge is 2.51. The van der Waals surface area contributed by atoms with Gasteiger partial charge in [0.1, 0.15) is 0 Å². The molecular formula is C13H17N. The summed E-state index contributed by atoms with van der Waals surface area (Å²) < 4.78 is 0. The molecule has 1 atom stereocenters. The van der Waals surface area contributed by atoms with Crippen molar-refractivity contribution in [3.8, 4) is 0 Å². The first kappa shape index (κ1) is 8.49. The highest BCUT2D eigenvalue weighted by Crippen LogP contribution is 2.54. The number of rotatable bonds is 0. The third-order valence-corrected chi connectivity index (χ3v) is 4.02. The first-order chi connectivity index (χ1) is 6.72. The Kier molecular flexibility index (Phi) is 1.58. The molecule has 2 aliphatic rings. The molecule has 0 amide bonds. The molecule has 2 N–H and O–H groups in total. The molecule has 0 radical (unpaired) electrons. The maximum atomic E-state index is 6.24. The smallest absolute Gasteiger partial charge is 0.0140 e. The van der Waals surface area contributed by atoms with E-state index in [-0.39, 0.29) is 0 Å². The SMILES string of the molecule is Cc1ccc2c(c1)C1(CC1)C(N)CC2. The Labute approximate surface area is 85.3 Å². The predicted molar refractivity (Wildman–Crippen MR) is 58.4 cm³/mol. The van der Waals surface area contributed by atoms with Crippen LogP contribution in [0.15, 0.2) is 18.2 Å². The van der Waals surface area contributed by atoms with Gasteiger partial charge < -0.3 is 5.73 Å². The summed E-state index contributed by atoms with van der Waals surface area (Å²) >= 11 is 0. The fraction of sp³-hybridized carbons (Fsp3) is 0.538. The van der Waals surface area contributed by atoms with E-state index in [0.29, 0.717) is 11.5 Å². The summed E-state index contributed by atoms with van der Waals surface area (Å²) in [7, 11) is 0. The van der Waals surface area contributed by atoms with Crippen LogP contribution in [0.4, 0.5) is 0 Å². The Hall–Kier alpha value is -0.820. The van der Waals surface area contributed by atoms with Crippen LogP contribution in [0.2, 0.25) is 0 Å². The topological polar surface area (TPSA) is 26.0 Å². The molecule has 3 rings (SSSR count). The first-order valence-corrected chi connectivity index (χ1v) is 5.58. The number of hydrogen-bond acceptors (Lipinski definition) is 1. The van der Waals surface area contributed by atoms with Crippen molar-refractivity contribution >= 4 is 0 Å². The third-order valence-electron chi connectivity index (χ3n) is 4.02. The molecule has 0 saturated heterocycles. The number of benzene rings is 1. The van der Waals surface area contributed by atoms with E-state index >= 15 is 0 Å². The van der Waals surface area contributed by atoms with Gasteiger partial charge in [-0.25, -0.2) is 0 Å². The molecular weight excluding hydrogens is 170 g/mol. The van der Waals surface area contributed by atoms with Gasteiger partial charge in [0.05, 0.1) is 0 Å². The molecule has 2 aliphatic carbocycles. The number of nitrogens with two attached hydrogens (primary N) is 1. The number of fused-ring (bicyclic) bond motifs is 2. The molecule has 0 aliphatic heterocycles. The fourth-order valence-electron chi connectivity index (χ4n) is 2.93. The predicted octanol–water partition coefficient (Wildman–Crippen LogP) is 2.30. The quantitative estimate of drug-likeness (QED) is 0.662. The minimum atomic E-state index is 0.388. The van der Waals surface area contributed by atoms with Gasteiger partial charge >= 0.3 is 0 Å². The van der Waals surface area contributed by atoms with Gasteiger partial charge in [0.25, 0.3) is 0 Å². The largest absolute Gasteiger partial charge is 0.327 e. The van der Waals surface area contributed by atoms with Gasteiger partial charge in [0.2, 0.25) is 0 Å². The van der Waals surface area contributed by atoms with Crippen molar-refractivity contribution in [3.63, 3.8) is 0 Å². The second-order valence-corrected chi connectivity index (χ2v) is 4.96. The monoisotopic (exact) mass is 187 g/mol. The summed E-state index contributed by atoms with van der Waals surface area (Å²) in [5.74, 6) is 0. The summed E-state index contributed by atoms with van der Waals surface area (Å²) in [5.41, 5.74) is 11.1. The highest BCUT2D eigenvalue weighted by molar-refractivity contribution is 5.45. The van der Waals surface area contributed by atoms with Crippen LogP contribution < -0.4 is 5.73 Å². The Morgan fingerprint density at radius 1 is 1.36 bits per heavy atom. The third kappa shape index (κ3) is 0.992. The van der Waals surface area contributed by atoms with Gasteiger partial charge in [-0.15, -0.1) is 0 Å². The van der Waals surface area contributed by atoms with Crippen LogP contribution in [0.1, 0.15) is 36.0 Å². The van der Waals surface area contributed by atoms with Crippen molar-refractivity contribution in [1.82, 2.24) is 0 Å². The van der Waals surface area contributed by atoms with E-state index in [4.69, 9.17) is 5.73 Å². The van der Waals surface area contributed by atoms with Crippen LogP contribution in [-0.4, -0.2) is 6.04 Å². The van der Waals surface area contributed by atoms with E-state index in [2.05, 4.69) is 25.1 Å². The average molecular weight is 187 g/mol. The molecule has 0 bridgehead atoms. The second kappa shape index (κ2) is 2.60. The molecule has 74 valence electrons. The maximum absolute atomic E-state index is 6.24. The fourth-order valence-corrected chi connectivity index (χ4v) is 2.93. The summed E-state index contributed by atoms with van der Waals surface area (Å²) in [6, 6.07) is 7.31. The van der Waals surface area contributed by atoms with Gasteiger partial charge in [-0.3, -0.25) is 0 Å². The van der Waals surface area contributed by atoms with E-state index < -0.39 is 0 Å². The minimum Gasteiger partial charge on any atom is -0.327 e. The molecule has 1 nitrogen and oxygen atoms in total. The van der Waals surface area contributed by atoms with Crippen molar-refractivity contribution in [2.75, 3.05) is 0 Å². The lowest BCUT2D eigenvalue weighted by Gasteiger charge is -2.31. The molecule has 1 aromatic rings. The standard InChI is InChI=1S/C13H17N/c1-9-2-3-10-4-5-12(14)13(6-7-13)11(10)8-9/h2-3,8,12H,4-7,14H2,1H3. The van der Waals surface area contributed by atoms with Crippen molar-refractivity contribution in [2.45, 2.75) is 44.1 Å². The first-order valence-electron chi connectivity index (χ1n) is 5.58. The van der Waals surface area contributed by atoms with Gasteiger partial charge in [0, 0.05) is 11.5 Å². The number of hydrogen-bond donors (Lipinski definition) is 1. The summed E-state index contributed by atoms with van der Waals surface area (Å²) in [4.78, 5) is 0. The molecule has 0 heterocycles. The van der Waals surface area contributed by atoms with E-state index in [9.17, 15) is 0 Å². The van der Waals surface area contributed by atoms with E-state index in [1.807, 2.05) is 0 Å². The van der Waals surface area contributed by atoms with Crippen molar-refractivity contribution in [2.24, 2.45) is 5.73 Å². The number of aryl methyl sites for hydroxylation is 2. The minimum absolute atomic E-state index is 0.388. The highest BCUT2D eigenvalue weighted by atomic mass is 14.8. The Morgan fingerprint density at radius 3 is 2.86 bits per heavy atom. The maximum Gasteiger partial charge on any atom is 0.0140 e. The zero-order chi connectivity index (χ0) is 9.76. The van der Waals surface area contributed by atoms with Crippen molar-refractivity contribution < 1.29 is 0 Å². The Bertz CT molecular complexity index is 377. The van der Waals surface area contributed by atoms with Crippen LogP contribution in [0.3, 0.4) is 0 Å². The van der Waals surface area contributed by atoms with Gasteiger partial charge in [-0.1, -0.05) is 23.8 Å². The van der Waals surface area contributed by atoms with Gasteiger partial charge in [0.15, 0.2) is 0 Å². The van der Waals surface area contributed by atoms with Crippen LogP contribution in [-0.2, 0) is 11.8 Å². The molecule has 0 aromatic heterocycles. The molecule has 1 heteroatoms. The van der Waals surface area contributed by atoms with Crippen molar-refractivity contribution in [1.29, 1.82) is 0 Å². The lowest BCUT2D eigenvalue weighted by Crippen LogP contribution is -2.39. The van der Waals surface area contributed by atoms with Crippen LogP contribution >= 0.6 is 0 Å². The summed E-state index contributed by atoms with van der Waals surface area (Å²) in [5, 5.41) is 0. The summed E-state index contributed by atoms with van der Waals surface area (Å²) in [6.45, 7) is 2.18. The van der Waals surface area contributed by atoms with Gasteiger partial charge in [-0.2, -0.15) is 0 Å².